The zero-order valence-electron chi connectivity index (χ0n) is 13.5. The van der Waals surface area contributed by atoms with Crippen molar-refractivity contribution in [3.8, 4) is 5.75 Å². The number of para-hydroxylation sites is 1. The van der Waals surface area contributed by atoms with Gasteiger partial charge in [-0.05, 0) is 25.6 Å². The molecule has 1 aromatic rings. The first-order chi connectivity index (χ1) is 10.6. The van der Waals surface area contributed by atoms with E-state index in [0.29, 0.717) is 23.8 Å². The summed E-state index contributed by atoms with van der Waals surface area (Å²) in [6.45, 7) is 5.90. The number of nitrogens with zero attached hydrogens (tertiary/aromatic N) is 2. The number of hydrogen-bond acceptors (Lipinski definition) is 4. The topological polar surface area (TPSA) is 42.0 Å². The van der Waals surface area contributed by atoms with Gasteiger partial charge in [-0.25, -0.2) is 0 Å². The first kappa shape index (κ1) is 15.3. The summed E-state index contributed by atoms with van der Waals surface area (Å²) in [7, 11) is 3.74. The summed E-state index contributed by atoms with van der Waals surface area (Å²) in [5, 5.41) is 0. The van der Waals surface area contributed by atoms with E-state index in [4.69, 9.17) is 9.47 Å². The molecule has 2 heterocycles. The van der Waals surface area contributed by atoms with E-state index in [9.17, 15) is 4.79 Å². The van der Waals surface area contributed by atoms with E-state index < -0.39 is 0 Å². The maximum Gasteiger partial charge on any atom is 0.258 e. The number of hydrogen-bond donors (Lipinski definition) is 0. The molecule has 2 fully saturated rings. The van der Waals surface area contributed by atoms with Crippen LogP contribution in [0.3, 0.4) is 0 Å². The lowest BCUT2D eigenvalue weighted by atomic mass is 10.1. The summed E-state index contributed by atoms with van der Waals surface area (Å²) >= 11 is 0. The van der Waals surface area contributed by atoms with Crippen LogP contribution < -0.4 is 4.74 Å². The molecule has 0 radical (unpaired) electrons. The van der Waals surface area contributed by atoms with E-state index in [1.165, 1.54) is 0 Å². The van der Waals surface area contributed by atoms with Crippen molar-refractivity contribution in [3.63, 3.8) is 0 Å². The Morgan fingerprint density at radius 2 is 2.09 bits per heavy atom. The molecule has 120 valence electrons. The Kier molecular flexibility index (Phi) is 4.36. The normalized spacial score (nSPS) is 25.7. The average molecular weight is 304 g/mol. The second-order valence-electron chi connectivity index (χ2n) is 6.39. The van der Waals surface area contributed by atoms with Gasteiger partial charge in [0.1, 0.15) is 5.75 Å². The fraction of sp³-hybridized carbons (Fsp3) is 0.588. The second kappa shape index (κ2) is 6.26. The minimum Gasteiger partial charge on any atom is -0.496 e. The SMILES string of the molecule is COc1c(C)cccc1C(=O)N1C[C@H]2COC[C@@H]1CN(C)C2. The smallest absolute Gasteiger partial charge is 0.258 e. The first-order valence-corrected chi connectivity index (χ1v) is 7.81. The van der Waals surface area contributed by atoms with Gasteiger partial charge in [0.15, 0.2) is 0 Å². The monoisotopic (exact) mass is 304 g/mol. The van der Waals surface area contributed by atoms with Crippen LogP contribution in [-0.2, 0) is 4.74 Å². The van der Waals surface area contributed by atoms with Crippen LogP contribution in [0, 0.1) is 12.8 Å². The molecule has 0 saturated carbocycles. The third-order valence-electron chi connectivity index (χ3n) is 4.56. The quantitative estimate of drug-likeness (QED) is 0.828. The summed E-state index contributed by atoms with van der Waals surface area (Å²) in [5.74, 6) is 1.11. The maximum atomic E-state index is 13.1. The number of rotatable bonds is 2. The van der Waals surface area contributed by atoms with Gasteiger partial charge in [-0.1, -0.05) is 12.1 Å². The van der Waals surface area contributed by atoms with Crippen molar-refractivity contribution in [1.29, 1.82) is 0 Å². The number of ether oxygens (including phenoxy) is 2. The van der Waals surface area contributed by atoms with Crippen LogP contribution in [0.5, 0.6) is 5.75 Å². The number of likely N-dealkylation sites (N-methyl/N-ethyl adjacent to an activating group) is 1. The molecule has 2 aliphatic rings. The highest BCUT2D eigenvalue weighted by Crippen LogP contribution is 2.27. The van der Waals surface area contributed by atoms with Crippen LogP contribution in [0.2, 0.25) is 0 Å². The molecule has 3 rings (SSSR count). The number of carbonyl (C=O) groups excluding carboxylic acids is 1. The van der Waals surface area contributed by atoms with Crippen LogP contribution >= 0.6 is 0 Å². The number of fused-ring (bicyclic) bond motifs is 3. The Bertz CT molecular complexity index is 561. The van der Waals surface area contributed by atoms with Gasteiger partial charge in [0, 0.05) is 25.6 Å². The number of methoxy groups -OCH3 is 1. The van der Waals surface area contributed by atoms with Crippen molar-refractivity contribution < 1.29 is 14.3 Å². The Labute approximate surface area is 131 Å². The Morgan fingerprint density at radius 1 is 1.27 bits per heavy atom. The fourth-order valence-electron chi connectivity index (χ4n) is 3.57. The van der Waals surface area contributed by atoms with Crippen molar-refractivity contribution in [2.75, 3.05) is 47.0 Å². The molecule has 2 aliphatic heterocycles. The number of benzene rings is 1. The van der Waals surface area contributed by atoms with E-state index >= 15 is 0 Å². The molecule has 22 heavy (non-hydrogen) atoms. The number of carbonyl (C=O) groups is 1. The summed E-state index contributed by atoms with van der Waals surface area (Å²) in [6, 6.07) is 5.84. The van der Waals surface area contributed by atoms with E-state index in [1.54, 1.807) is 7.11 Å². The molecule has 0 aliphatic carbocycles. The molecule has 1 amide bonds. The predicted molar refractivity (Wildman–Crippen MR) is 84.4 cm³/mol. The number of aryl methyl sites for hydroxylation is 1. The molecule has 5 nitrogen and oxygen atoms in total. The van der Waals surface area contributed by atoms with E-state index in [2.05, 4.69) is 11.9 Å². The first-order valence-electron chi connectivity index (χ1n) is 7.81. The standard InChI is InChI=1S/C17H24N2O3/c1-12-5-4-6-15(16(12)21-3)17(20)19-8-13-7-18(2)9-14(19)11-22-10-13/h4-6,13-14H,7-11H2,1-3H3/t13-,14-/m0/s1. The van der Waals surface area contributed by atoms with E-state index in [-0.39, 0.29) is 11.9 Å². The van der Waals surface area contributed by atoms with Gasteiger partial charge in [0.05, 0.1) is 31.9 Å². The largest absolute Gasteiger partial charge is 0.496 e. The van der Waals surface area contributed by atoms with Crippen LogP contribution in [0.4, 0.5) is 0 Å². The highest BCUT2D eigenvalue weighted by molar-refractivity contribution is 5.97. The van der Waals surface area contributed by atoms with Crippen LogP contribution in [0.15, 0.2) is 18.2 Å². The van der Waals surface area contributed by atoms with Gasteiger partial charge < -0.3 is 19.3 Å². The predicted octanol–water partition coefficient (Wildman–Crippen LogP) is 1.41. The Hall–Kier alpha value is -1.59. The zero-order valence-corrected chi connectivity index (χ0v) is 13.5. The van der Waals surface area contributed by atoms with Crippen LogP contribution in [0.1, 0.15) is 15.9 Å². The molecular formula is C17H24N2O3. The van der Waals surface area contributed by atoms with Gasteiger partial charge in [0.2, 0.25) is 0 Å². The lowest BCUT2D eigenvalue weighted by Gasteiger charge is -2.30. The van der Waals surface area contributed by atoms with Crippen molar-refractivity contribution in [2.24, 2.45) is 5.92 Å². The summed E-state index contributed by atoms with van der Waals surface area (Å²) in [6.07, 6.45) is 0. The molecule has 1 aromatic carbocycles. The van der Waals surface area contributed by atoms with E-state index in [1.807, 2.05) is 30.0 Å². The lowest BCUT2D eigenvalue weighted by molar-refractivity contribution is 0.0481. The third kappa shape index (κ3) is 2.83. The Balaban J connectivity index is 1.93. The van der Waals surface area contributed by atoms with Gasteiger partial charge in [0.25, 0.3) is 5.91 Å². The highest BCUT2D eigenvalue weighted by Gasteiger charge is 2.35. The van der Waals surface area contributed by atoms with Crippen molar-refractivity contribution in [1.82, 2.24) is 9.80 Å². The van der Waals surface area contributed by atoms with Gasteiger partial charge >= 0.3 is 0 Å². The molecule has 0 unspecified atom stereocenters. The molecule has 0 spiro atoms. The number of amides is 1. The molecule has 2 atom stereocenters. The minimum atomic E-state index is 0.0522. The second-order valence-corrected chi connectivity index (χ2v) is 6.39. The molecule has 2 saturated heterocycles. The molecular weight excluding hydrogens is 280 g/mol. The van der Waals surface area contributed by atoms with Crippen LogP contribution in [-0.4, -0.2) is 68.8 Å². The van der Waals surface area contributed by atoms with Gasteiger partial charge in [-0.15, -0.1) is 0 Å². The maximum absolute atomic E-state index is 13.1. The van der Waals surface area contributed by atoms with E-state index in [0.717, 1.165) is 31.8 Å². The Morgan fingerprint density at radius 3 is 2.86 bits per heavy atom. The van der Waals surface area contributed by atoms with Crippen molar-refractivity contribution in [2.45, 2.75) is 13.0 Å². The molecule has 5 heteroatoms. The summed E-state index contributed by atoms with van der Waals surface area (Å²) < 4.78 is 11.2. The zero-order chi connectivity index (χ0) is 15.7. The minimum absolute atomic E-state index is 0.0522. The van der Waals surface area contributed by atoms with Crippen LogP contribution in [0.25, 0.3) is 0 Å². The van der Waals surface area contributed by atoms with Gasteiger partial charge in [-0.3, -0.25) is 4.79 Å². The molecule has 0 aromatic heterocycles. The molecule has 2 bridgehead atoms. The highest BCUT2D eigenvalue weighted by atomic mass is 16.5. The lowest BCUT2D eigenvalue weighted by Crippen LogP contribution is -2.46. The third-order valence-corrected chi connectivity index (χ3v) is 4.56. The van der Waals surface area contributed by atoms with Gasteiger partial charge in [-0.2, -0.15) is 0 Å². The average Bonchev–Trinajstić information content (AvgIpc) is 2.76. The van der Waals surface area contributed by atoms with Crippen molar-refractivity contribution >= 4 is 5.91 Å². The molecule has 0 N–H and O–H groups in total. The fourth-order valence-corrected chi connectivity index (χ4v) is 3.57. The van der Waals surface area contributed by atoms with Crippen molar-refractivity contribution in [3.05, 3.63) is 29.3 Å². The summed E-state index contributed by atoms with van der Waals surface area (Å²) in [4.78, 5) is 17.4. The summed E-state index contributed by atoms with van der Waals surface area (Å²) in [5.41, 5.74) is 1.64.